The maximum atomic E-state index is 13.3. The van der Waals surface area contributed by atoms with E-state index in [0.29, 0.717) is 0 Å². The lowest BCUT2D eigenvalue weighted by atomic mass is 10.1. The number of nitrogens with one attached hydrogen (secondary N) is 1. The number of halogens is 1. The number of nitrogens with two attached hydrogens (primary N) is 2. The summed E-state index contributed by atoms with van der Waals surface area (Å²) >= 11 is 0. The van der Waals surface area contributed by atoms with Crippen molar-refractivity contribution >= 4 is 27.3 Å². The molecule has 6 nitrogen and oxygen atoms in total. The summed E-state index contributed by atoms with van der Waals surface area (Å²) in [6, 6.07) is 9.38. The van der Waals surface area contributed by atoms with Crippen LogP contribution in [0.1, 0.15) is 10.4 Å². The van der Waals surface area contributed by atoms with Gasteiger partial charge in [-0.2, -0.15) is 0 Å². The molecule has 0 bridgehead atoms. The zero-order valence-corrected chi connectivity index (χ0v) is 11.5. The van der Waals surface area contributed by atoms with Crippen LogP contribution in [0.4, 0.5) is 15.8 Å². The molecule has 5 N–H and O–H groups in total. The van der Waals surface area contributed by atoms with Gasteiger partial charge in [0, 0.05) is 0 Å². The van der Waals surface area contributed by atoms with E-state index in [-0.39, 0.29) is 21.8 Å². The summed E-state index contributed by atoms with van der Waals surface area (Å²) in [6.45, 7) is 0. The number of hydrogen-bond acceptors (Lipinski definition) is 4. The molecule has 0 spiro atoms. The molecule has 0 aliphatic rings. The third-order valence-electron chi connectivity index (χ3n) is 2.74. The van der Waals surface area contributed by atoms with E-state index in [9.17, 15) is 17.6 Å². The molecule has 2 rings (SSSR count). The van der Waals surface area contributed by atoms with Gasteiger partial charge in [0.2, 0.25) is 10.0 Å². The molecular weight excluding hydrogens is 297 g/mol. The second-order valence-electron chi connectivity index (χ2n) is 4.20. The topological polar surface area (TPSA) is 115 Å². The van der Waals surface area contributed by atoms with Crippen LogP contribution >= 0.6 is 0 Å². The number of carbonyl (C=O) groups excluding carboxylic acids is 1. The predicted molar refractivity (Wildman–Crippen MR) is 76.6 cm³/mol. The van der Waals surface area contributed by atoms with Gasteiger partial charge in [-0.3, -0.25) is 4.79 Å². The molecule has 0 atom stereocenters. The fourth-order valence-electron chi connectivity index (χ4n) is 1.74. The molecule has 0 radical (unpaired) electrons. The summed E-state index contributed by atoms with van der Waals surface area (Å²) in [5.74, 6) is -1.47. The van der Waals surface area contributed by atoms with Crippen molar-refractivity contribution in [3.8, 4) is 0 Å². The number of sulfonamides is 1. The summed E-state index contributed by atoms with van der Waals surface area (Å²) in [5, 5.41) is 7.42. The minimum absolute atomic E-state index is 0.00587. The summed E-state index contributed by atoms with van der Waals surface area (Å²) in [6.07, 6.45) is 0. The first-order chi connectivity index (χ1) is 9.80. The second kappa shape index (κ2) is 5.51. The van der Waals surface area contributed by atoms with Crippen molar-refractivity contribution in [2.75, 3.05) is 11.1 Å². The van der Waals surface area contributed by atoms with Crippen molar-refractivity contribution in [1.29, 1.82) is 0 Å². The molecule has 110 valence electrons. The van der Waals surface area contributed by atoms with Crippen LogP contribution < -0.4 is 16.2 Å². The van der Waals surface area contributed by atoms with E-state index in [0.717, 1.165) is 6.07 Å². The van der Waals surface area contributed by atoms with E-state index in [1.165, 1.54) is 36.4 Å². The molecule has 2 aromatic carbocycles. The third kappa shape index (κ3) is 3.18. The Bertz CT molecular complexity index is 806. The maximum Gasteiger partial charge on any atom is 0.257 e. The monoisotopic (exact) mass is 309 g/mol. The molecule has 1 amide bonds. The zero-order valence-electron chi connectivity index (χ0n) is 10.7. The number of nitrogen functional groups attached to an aromatic ring is 1. The maximum absolute atomic E-state index is 13.3. The summed E-state index contributed by atoms with van der Waals surface area (Å²) in [4.78, 5) is 11.8. The number of amides is 1. The van der Waals surface area contributed by atoms with E-state index in [4.69, 9.17) is 10.9 Å². The number of primary sulfonamides is 1. The predicted octanol–water partition coefficient (Wildman–Crippen LogP) is 1.31. The molecule has 0 saturated heterocycles. The molecule has 2 aromatic rings. The Balaban J connectivity index is 2.40. The zero-order chi connectivity index (χ0) is 15.6. The van der Waals surface area contributed by atoms with Crippen LogP contribution in [0.15, 0.2) is 47.4 Å². The van der Waals surface area contributed by atoms with Crippen molar-refractivity contribution in [2.24, 2.45) is 5.14 Å². The molecular formula is C13H12FN3O3S. The van der Waals surface area contributed by atoms with Crippen molar-refractivity contribution < 1.29 is 17.6 Å². The van der Waals surface area contributed by atoms with E-state index in [2.05, 4.69) is 5.32 Å². The van der Waals surface area contributed by atoms with E-state index >= 15 is 0 Å². The molecule has 0 saturated carbocycles. The Morgan fingerprint density at radius 3 is 2.43 bits per heavy atom. The Hall–Kier alpha value is -2.45. The Kier molecular flexibility index (Phi) is 3.92. The van der Waals surface area contributed by atoms with E-state index in [1.54, 1.807) is 0 Å². The normalized spacial score (nSPS) is 11.1. The van der Waals surface area contributed by atoms with Crippen LogP contribution in [0.3, 0.4) is 0 Å². The molecule has 0 fully saturated rings. The lowest BCUT2D eigenvalue weighted by Gasteiger charge is -2.11. The first kappa shape index (κ1) is 14.9. The van der Waals surface area contributed by atoms with Crippen LogP contribution in [-0.4, -0.2) is 14.3 Å². The summed E-state index contributed by atoms with van der Waals surface area (Å²) < 4.78 is 36.2. The number of rotatable bonds is 3. The molecule has 21 heavy (non-hydrogen) atoms. The fourth-order valence-corrected chi connectivity index (χ4v) is 2.44. The molecule has 0 aromatic heterocycles. The van der Waals surface area contributed by atoms with Gasteiger partial charge in [-0.1, -0.05) is 18.2 Å². The Morgan fingerprint density at radius 2 is 1.76 bits per heavy atom. The van der Waals surface area contributed by atoms with Crippen LogP contribution in [0.25, 0.3) is 0 Å². The van der Waals surface area contributed by atoms with Crippen molar-refractivity contribution in [3.63, 3.8) is 0 Å². The van der Waals surface area contributed by atoms with Gasteiger partial charge in [0.15, 0.2) is 0 Å². The molecule has 8 heteroatoms. The van der Waals surface area contributed by atoms with Gasteiger partial charge in [-0.05, 0) is 24.3 Å². The minimum atomic E-state index is -4.00. The van der Waals surface area contributed by atoms with Gasteiger partial charge >= 0.3 is 0 Å². The second-order valence-corrected chi connectivity index (χ2v) is 5.73. The van der Waals surface area contributed by atoms with Gasteiger partial charge in [0.25, 0.3) is 5.91 Å². The highest BCUT2D eigenvalue weighted by Crippen LogP contribution is 2.22. The number of benzene rings is 2. The highest BCUT2D eigenvalue weighted by Gasteiger charge is 2.17. The lowest BCUT2D eigenvalue weighted by Crippen LogP contribution is -2.19. The minimum Gasteiger partial charge on any atom is -0.396 e. The highest BCUT2D eigenvalue weighted by atomic mass is 32.2. The molecule has 0 unspecified atom stereocenters. The number of carbonyl (C=O) groups is 1. The third-order valence-corrected chi connectivity index (χ3v) is 3.71. The largest absolute Gasteiger partial charge is 0.396 e. The molecule has 0 aliphatic heterocycles. The van der Waals surface area contributed by atoms with Crippen LogP contribution in [0.2, 0.25) is 0 Å². The fraction of sp³-hybridized carbons (Fsp3) is 0. The van der Waals surface area contributed by atoms with Crippen LogP contribution in [-0.2, 0) is 10.0 Å². The summed E-state index contributed by atoms with van der Waals surface area (Å²) in [5.41, 5.74) is 5.06. The van der Waals surface area contributed by atoms with Crippen molar-refractivity contribution in [2.45, 2.75) is 4.90 Å². The SMILES string of the molecule is Nc1c(F)cccc1C(=O)Nc1ccccc1S(N)(=O)=O. The van der Waals surface area contributed by atoms with Gasteiger partial charge in [-0.25, -0.2) is 17.9 Å². The van der Waals surface area contributed by atoms with Crippen molar-refractivity contribution in [1.82, 2.24) is 0 Å². The number of hydrogen-bond donors (Lipinski definition) is 3. The summed E-state index contributed by atoms with van der Waals surface area (Å²) in [7, 11) is -4.00. The van der Waals surface area contributed by atoms with Gasteiger partial charge in [0.05, 0.1) is 16.9 Å². The average molecular weight is 309 g/mol. The highest BCUT2D eigenvalue weighted by molar-refractivity contribution is 7.89. The van der Waals surface area contributed by atoms with Crippen molar-refractivity contribution in [3.05, 3.63) is 53.8 Å². The number of anilines is 2. The van der Waals surface area contributed by atoms with Gasteiger partial charge in [0.1, 0.15) is 10.7 Å². The quantitative estimate of drug-likeness (QED) is 0.741. The molecule has 0 heterocycles. The van der Waals surface area contributed by atoms with E-state index < -0.39 is 21.7 Å². The van der Waals surface area contributed by atoms with E-state index in [1.807, 2.05) is 0 Å². The van der Waals surface area contributed by atoms with Crippen LogP contribution in [0.5, 0.6) is 0 Å². The molecule has 0 aliphatic carbocycles. The van der Waals surface area contributed by atoms with Gasteiger partial charge < -0.3 is 11.1 Å². The average Bonchev–Trinajstić information content (AvgIpc) is 2.41. The number of para-hydroxylation sites is 2. The van der Waals surface area contributed by atoms with Crippen LogP contribution in [0, 0.1) is 5.82 Å². The standard InChI is InChI=1S/C13H12FN3O3S/c14-9-5-3-4-8(12(9)15)13(18)17-10-6-1-2-7-11(10)21(16,19)20/h1-7H,15H2,(H,17,18)(H2,16,19,20). The lowest BCUT2D eigenvalue weighted by molar-refractivity contribution is 0.102. The Labute approximate surface area is 120 Å². The Morgan fingerprint density at radius 1 is 1.10 bits per heavy atom. The smallest absolute Gasteiger partial charge is 0.257 e. The first-order valence-corrected chi connectivity index (χ1v) is 7.32. The first-order valence-electron chi connectivity index (χ1n) is 5.78. The van der Waals surface area contributed by atoms with Gasteiger partial charge in [-0.15, -0.1) is 0 Å².